The first-order valence-electron chi connectivity index (χ1n) is 12.2. The number of nitrogens with zero attached hydrogens (tertiary/aromatic N) is 2. The van der Waals surface area contributed by atoms with E-state index in [0.29, 0.717) is 39.7 Å². The quantitative estimate of drug-likeness (QED) is 0.260. The molecule has 0 aliphatic carbocycles. The number of likely N-dealkylation sites (N-methyl/N-ethyl adjacent to an activating group) is 1. The van der Waals surface area contributed by atoms with Gasteiger partial charge in [0.2, 0.25) is 0 Å². The molecule has 0 radical (unpaired) electrons. The molecular weight excluding hydrogens is 462 g/mol. The van der Waals surface area contributed by atoms with E-state index in [1.165, 1.54) is 4.90 Å². The minimum atomic E-state index is -0.339. The van der Waals surface area contributed by atoms with Gasteiger partial charge in [0, 0.05) is 40.7 Å². The van der Waals surface area contributed by atoms with Gasteiger partial charge in [0.25, 0.3) is 17.7 Å². The van der Waals surface area contributed by atoms with Gasteiger partial charge in [0.05, 0.1) is 5.56 Å². The molecular formula is C31H25N3O3. The summed E-state index contributed by atoms with van der Waals surface area (Å²) in [7, 11) is 3.81. The summed E-state index contributed by atoms with van der Waals surface area (Å²) in [6, 6.07) is 26.6. The van der Waals surface area contributed by atoms with Gasteiger partial charge in [-0.1, -0.05) is 54.6 Å². The highest BCUT2D eigenvalue weighted by Crippen LogP contribution is 2.39. The van der Waals surface area contributed by atoms with Gasteiger partial charge in [-0.15, -0.1) is 0 Å². The van der Waals surface area contributed by atoms with Crippen molar-refractivity contribution < 1.29 is 14.4 Å². The smallest absolute Gasteiger partial charge is 0.262 e. The summed E-state index contributed by atoms with van der Waals surface area (Å²) in [4.78, 5) is 43.8. The van der Waals surface area contributed by atoms with E-state index in [1.807, 2.05) is 85.7 Å². The number of nitrogens with one attached hydrogen (secondary N) is 1. The molecule has 1 aliphatic rings. The molecule has 1 heterocycles. The molecule has 0 saturated carbocycles. The Kier molecular flexibility index (Phi) is 5.46. The number of rotatable bonds is 5. The predicted molar refractivity (Wildman–Crippen MR) is 147 cm³/mol. The summed E-state index contributed by atoms with van der Waals surface area (Å²) >= 11 is 0. The van der Waals surface area contributed by atoms with E-state index >= 15 is 0 Å². The van der Waals surface area contributed by atoms with Crippen molar-refractivity contribution in [3.05, 3.63) is 102 Å². The lowest BCUT2D eigenvalue weighted by Crippen LogP contribution is -2.43. The molecule has 0 bridgehead atoms. The summed E-state index contributed by atoms with van der Waals surface area (Å²) in [5.74, 6) is -0.891. The Morgan fingerprint density at radius 3 is 2.24 bits per heavy atom. The van der Waals surface area contributed by atoms with Crippen molar-refractivity contribution in [3.63, 3.8) is 0 Å². The highest BCUT2D eigenvalue weighted by Gasteiger charge is 2.34. The van der Waals surface area contributed by atoms with Gasteiger partial charge in [-0.25, -0.2) is 0 Å². The van der Waals surface area contributed by atoms with Crippen LogP contribution in [0.15, 0.2) is 84.9 Å². The van der Waals surface area contributed by atoms with Crippen LogP contribution in [0.25, 0.3) is 32.3 Å². The standard InChI is InChI=1S/C31H25N3O3/c1-33(2)15-16-34-30(36)24-11-5-9-21-18-22-10-6-12-25(27(22)28(26(21)24)31(34)37)32-29(35)23-14-13-19-7-3-4-8-20(19)17-23/h3-14,17-18H,15-16H2,1-2H3,(H,32,35). The zero-order chi connectivity index (χ0) is 25.7. The van der Waals surface area contributed by atoms with E-state index in [2.05, 4.69) is 5.32 Å². The fraction of sp³-hybridized carbons (Fsp3) is 0.129. The second-order valence-corrected chi connectivity index (χ2v) is 9.64. The predicted octanol–water partition coefficient (Wildman–Crippen LogP) is 5.56. The summed E-state index contributed by atoms with van der Waals surface area (Å²) < 4.78 is 0. The van der Waals surface area contributed by atoms with Crippen molar-refractivity contribution >= 4 is 55.7 Å². The lowest BCUT2D eigenvalue weighted by atomic mass is 9.88. The Hall–Kier alpha value is -4.55. The number of hydrogen-bond acceptors (Lipinski definition) is 4. The molecule has 0 aromatic heterocycles. The molecule has 0 spiro atoms. The van der Waals surface area contributed by atoms with E-state index in [4.69, 9.17) is 0 Å². The molecule has 1 N–H and O–H groups in total. The molecule has 0 atom stereocenters. The molecule has 0 fully saturated rings. The second kappa shape index (κ2) is 8.84. The number of imide groups is 1. The van der Waals surface area contributed by atoms with Crippen molar-refractivity contribution in [2.75, 3.05) is 32.5 Å². The average Bonchev–Trinajstić information content (AvgIpc) is 2.90. The molecule has 37 heavy (non-hydrogen) atoms. The first-order valence-corrected chi connectivity index (χ1v) is 12.2. The van der Waals surface area contributed by atoms with Crippen LogP contribution >= 0.6 is 0 Å². The number of fused-ring (bicyclic) bond motifs is 3. The van der Waals surface area contributed by atoms with Crippen molar-refractivity contribution in [2.24, 2.45) is 0 Å². The number of benzene rings is 5. The Morgan fingerprint density at radius 2 is 1.46 bits per heavy atom. The Balaban J connectivity index is 1.51. The lowest BCUT2D eigenvalue weighted by molar-refractivity contribution is 0.0602. The maximum atomic E-state index is 13.9. The number of amides is 3. The van der Waals surface area contributed by atoms with Gasteiger partial charge in [-0.05, 0) is 66.0 Å². The number of carbonyl (C=O) groups is 3. The molecule has 1 aliphatic heterocycles. The summed E-state index contributed by atoms with van der Waals surface area (Å²) in [6.07, 6.45) is 0. The van der Waals surface area contributed by atoms with Gasteiger partial charge in [0.15, 0.2) is 0 Å². The molecule has 6 nitrogen and oxygen atoms in total. The van der Waals surface area contributed by atoms with E-state index < -0.39 is 0 Å². The van der Waals surface area contributed by atoms with Crippen LogP contribution in [0.3, 0.4) is 0 Å². The van der Waals surface area contributed by atoms with Crippen LogP contribution < -0.4 is 5.32 Å². The Labute approximate surface area is 214 Å². The van der Waals surface area contributed by atoms with Crippen LogP contribution in [-0.4, -0.2) is 54.7 Å². The van der Waals surface area contributed by atoms with E-state index in [1.54, 1.807) is 18.2 Å². The third kappa shape index (κ3) is 3.82. The van der Waals surface area contributed by atoms with Gasteiger partial charge in [-0.2, -0.15) is 0 Å². The van der Waals surface area contributed by atoms with Crippen LogP contribution in [0.4, 0.5) is 5.69 Å². The molecule has 6 rings (SSSR count). The average molecular weight is 488 g/mol. The largest absolute Gasteiger partial charge is 0.321 e. The normalized spacial score (nSPS) is 13.2. The highest BCUT2D eigenvalue weighted by atomic mass is 16.2. The highest BCUT2D eigenvalue weighted by molar-refractivity contribution is 6.32. The van der Waals surface area contributed by atoms with Gasteiger partial charge in [0.1, 0.15) is 0 Å². The first-order chi connectivity index (χ1) is 17.9. The van der Waals surface area contributed by atoms with E-state index in [0.717, 1.165) is 21.5 Å². The molecule has 3 amide bonds. The first kappa shape index (κ1) is 22.9. The maximum Gasteiger partial charge on any atom is 0.262 e. The van der Waals surface area contributed by atoms with Crippen LogP contribution in [0.1, 0.15) is 31.1 Å². The van der Waals surface area contributed by atoms with Crippen LogP contribution in [0, 0.1) is 0 Å². The zero-order valence-electron chi connectivity index (χ0n) is 20.6. The molecule has 0 unspecified atom stereocenters. The van der Waals surface area contributed by atoms with Crippen LogP contribution in [-0.2, 0) is 0 Å². The van der Waals surface area contributed by atoms with Crippen molar-refractivity contribution in [1.29, 1.82) is 0 Å². The minimum Gasteiger partial charge on any atom is -0.321 e. The number of anilines is 1. The fourth-order valence-corrected chi connectivity index (χ4v) is 5.13. The molecule has 6 heteroatoms. The van der Waals surface area contributed by atoms with Crippen molar-refractivity contribution in [3.8, 4) is 0 Å². The molecule has 5 aromatic rings. The SMILES string of the molecule is CN(C)CCN1C(=O)c2cccc3cc4cccc(NC(=O)c5ccc6ccccc6c5)c4c(c23)C1=O. The third-order valence-corrected chi connectivity index (χ3v) is 6.97. The van der Waals surface area contributed by atoms with Crippen LogP contribution in [0.2, 0.25) is 0 Å². The summed E-state index contributed by atoms with van der Waals surface area (Å²) in [5, 5.41) is 8.01. The van der Waals surface area contributed by atoms with E-state index in [9.17, 15) is 14.4 Å². The van der Waals surface area contributed by atoms with Crippen molar-refractivity contribution in [2.45, 2.75) is 0 Å². The maximum absolute atomic E-state index is 13.9. The monoisotopic (exact) mass is 487 g/mol. The molecule has 0 saturated heterocycles. The Bertz CT molecular complexity index is 1760. The van der Waals surface area contributed by atoms with Gasteiger partial charge >= 0.3 is 0 Å². The van der Waals surface area contributed by atoms with Crippen LogP contribution in [0.5, 0.6) is 0 Å². The minimum absolute atomic E-state index is 0.261. The fourth-order valence-electron chi connectivity index (χ4n) is 5.13. The van der Waals surface area contributed by atoms with E-state index in [-0.39, 0.29) is 24.3 Å². The van der Waals surface area contributed by atoms with Crippen molar-refractivity contribution in [1.82, 2.24) is 9.80 Å². The summed E-state index contributed by atoms with van der Waals surface area (Å²) in [5.41, 5.74) is 2.02. The second-order valence-electron chi connectivity index (χ2n) is 9.64. The topological polar surface area (TPSA) is 69.7 Å². The number of carbonyl (C=O) groups excluding carboxylic acids is 3. The molecule has 5 aromatic carbocycles. The third-order valence-electron chi connectivity index (χ3n) is 6.97. The summed E-state index contributed by atoms with van der Waals surface area (Å²) in [6.45, 7) is 0.835. The van der Waals surface area contributed by atoms with Gasteiger partial charge < -0.3 is 10.2 Å². The zero-order valence-corrected chi connectivity index (χ0v) is 20.6. The lowest BCUT2D eigenvalue weighted by Gasteiger charge is -2.29. The Morgan fingerprint density at radius 1 is 0.757 bits per heavy atom. The molecule has 182 valence electrons. The number of hydrogen-bond donors (Lipinski definition) is 1. The van der Waals surface area contributed by atoms with Gasteiger partial charge in [-0.3, -0.25) is 19.3 Å².